The molecule has 1 atom stereocenters. The molecule has 21 heavy (non-hydrogen) atoms. The summed E-state index contributed by atoms with van der Waals surface area (Å²) in [7, 11) is 0. The van der Waals surface area contributed by atoms with E-state index in [1.165, 1.54) is 6.07 Å². The van der Waals surface area contributed by atoms with Crippen LogP contribution in [0.5, 0.6) is 0 Å². The molecular weight excluding hydrogens is 291 g/mol. The average Bonchev–Trinajstić information content (AvgIpc) is 2.85. The highest BCUT2D eigenvalue weighted by Crippen LogP contribution is 2.35. The minimum Gasteiger partial charge on any atom is -0.378 e. The average molecular weight is 305 g/mol. The van der Waals surface area contributed by atoms with Crippen molar-refractivity contribution in [3.8, 4) is 0 Å². The summed E-state index contributed by atoms with van der Waals surface area (Å²) in [6.45, 7) is 0. The zero-order valence-electron chi connectivity index (χ0n) is 11.2. The molecular formula is C16H14ClFN2O. The molecule has 0 heterocycles. The van der Waals surface area contributed by atoms with Crippen molar-refractivity contribution in [2.45, 2.75) is 18.9 Å². The van der Waals surface area contributed by atoms with Crippen LogP contribution in [0.15, 0.2) is 36.4 Å². The number of hydrogen-bond donors (Lipinski definition) is 2. The van der Waals surface area contributed by atoms with Crippen LogP contribution in [0.2, 0.25) is 5.02 Å². The summed E-state index contributed by atoms with van der Waals surface area (Å²) in [4.78, 5) is 11.3. The van der Waals surface area contributed by atoms with E-state index in [1.54, 1.807) is 24.3 Å². The molecule has 1 aliphatic carbocycles. The lowest BCUT2D eigenvalue weighted by Crippen LogP contribution is -2.13. The molecule has 1 aliphatic rings. The molecule has 1 unspecified atom stereocenters. The van der Waals surface area contributed by atoms with Crippen LogP contribution in [-0.2, 0) is 6.42 Å². The summed E-state index contributed by atoms with van der Waals surface area (Å²) in [5.74, 6) is -0.729. The number of anilines is 1. The molecule has 0 saturated heterocycles. The monoisotopic (exact) mass is 304 g/mol. The Morgan fingerprint density at radius 3 is 2.90 bits per heavy atom. The van der Waals surface area contributed by atoms with Gasteiger partial charge in [-0.15, -0.1) is 0 Å². The Morgan fingerprint density at radius 1 is 1.33 bits per heavy atom. The normalized spacial score (nSPS) is 16.6. The number of nitrogens with one attached hydrogen (secondary N) is 1. The number of primary amides is 1. The molecule has 0 spiro atoms. The van der Waals surface area contributed by atoms with Gasteiger partial charge in [-0.1, -0.05) is 23.7 Å². The molecule has 0 aliphatic heterocycles. The number of amides is 1. The maximum Gasteiger partial charge on any atom is 0.250 e. The number of benzene rings is 2. The highest BCUT2D eigenvalue weighted by Gasteiger charge is 2.24. The van der Waals surface area contributed by atoms with Gasteiger partial charge >= 0.3 is 0 Å². The van der Waals surface area contributed by atoms with Gasteiger partial charge in [0.1, 0.15) is 5.82 Å². The van der Waals surface area contributed by atoms with Crippen molar-refractivity contribution >= 4 is 23.2 Å². The maximum atomic E-state index is 13.7. The predicted molar refractivity (Wildman–Crippen MR) is 81.1 cm³/mol. The first kappa shape index (κ1) is 13.9. The van der Waals surface area contributed by atoms with Crippen molar-refractivity contribution in [3.63, 3.8) is 0 Å². The van der Waals surface area contributed by atoms with E-state index in [4.69, 9.17) is 17.3 Å². The Hall–Kier alpha value is -2.07. The van der Waals surface area contributed by atoms with Gasteiger partial charge < -0.3 is 11.1 Å². The van der Waals surface area contributed by atoms with Gasteiger partial charge in [0, 0.05) is 5.69 Å². The van der Waals surface area contributed by atoms with Gasteiger partial charge in [-0.2, -0.15) is 0 Å². The third kappa shape index (κ3) is 2.59. The minimum atomic E-state index is -0.568. The molecule has 3 N–H and O–H groups in total. The maximum absolute atomic E-state index is 13.7. The van der Waals surface area contributed by atoms with E-state index in [-0.39, 0.29) is 17.4 Å². The van der Waals surface area contributed by atoms with E-state index in [0.29, 0.717) is 11.4 Å². The summed E-state index contributed by atoms with van der Waals surface area (Å²) in [6, 6.07) is 10.2. The lowest BCUT2D eigenvalue weighted by atomic mass is 10.1. The molecule has 2 aromatic carbocycles. The smallest absolute Gasteiger partial charge is 0.250 e. The predicted octanol–water partition coefficient (Wildman–Crippen LogP) is 3.68. The Bertz CT molecular complexity index is 717. The van der Waals surface area contributed by atoms with Crippen LogP contribution < -0.4 is 11.1 Å². The van der Waals surface area contributed by atoms with Gasteiger partial charge in [-0.25, -0.2) is 4.39 Å². The van der Waals surface area contributed by atoms with Crippen LogP contribution in [0.3, 0.4) is 0 Å². The van der Waals surface area contributed by atoms with Gasteiger partial charge in [0.25, 0.3) is 0 Å². The second kappa shape index (κ2) is 5.37. The molecule has 2 aromatic rings. The van der Waals surface area contributed by atoms with Crippen molar-refractivity contribution in [2.75, 3.05) is 5.32 Å². The van der Waals surface area contributed by atoms with Crippen molar-refractivity contribution in [2.24, 2.45) is 5.73 Å². The fraction of sp³-hybridized carbons (Fsp3) is 0.188. The highest BCUT2D eigenvalue weighted by molar-refractivity contribution is 6.33. The Labute approximate surface area is 126 Å². The number of hydrogen-bond acceptors (Lipinski definition) is 2. The van der Waals surface area contributed by atoms with E-state index in [0.717, 1.165) is 23.2 Å². The Kier molecular flexibility index (Phi) is 3.55. The number of carbonyl (C=O) groups excluding carboxylic acids is 1. The Morgan fingerprint density at radius 2 is 2.14 bits per heavy atom. The SMILES string of the molecule is NC(=O)c1cc(NC2CCc3c(F)cccc32)ccc1Cl. The van der Waals surface area contributed by atoms with Gasteiger partial charge in [-0.3, -0.25) is 4.79 Å². The minimum absolute atomic E-state index is 0.0256. The van der Waals surface area contributed by atoms with Gasteiger partial charge in [0.15, 0.2) is 0 Å². The third-order valence-electron chi connectivity index (χ3n) is 3.79. The fourth-order valence-corrected chi connectivity index (χ4v) is 2.98. The quantitative estimate of drug-likeness (QED) is 0.909. The molecule has 1 amide bonds. The molecule has 0 fully saturated rings. The summed E-state index contributed by atoms with van der Waals surface area (Å²) < 4.78 is 13.7. The molecule has 5 heteroatoms. The summed E-state index contributed by atoms with van der Waals surface area (Å²) >= 11 is 5.93. The zero-order valence-corrected chi connectivity index (χ0v) is 12.0. The van der Waals surface area contributed by atoms with Crippen LogP contribution >= 0.6 is 11.6 Å². The van der Waals surface area contributed by atoms with E-state index in [9.17, 15) is 9.18 Å². The van der Waals surface area contributed by atoms with Gasteiger partial charge in [-0.05, 0) is 48.2 Å². The van der Waals surface area contributed by atoms with E-state index in [2.05, 4.69) is 5.32 Å². The molecule has 3 nitrogen and oxygen atoms in total. The van der Waals surface area contributed by atoms with Crippen LogP contribution in [0.1, 0.15) is 33.9 Å². The molecule has 3 rings (SSSR count). The van der Waals surface area contributed by atoms with Gasteiger partial charge in [0.2, 0.25) is 5.91 Å². The highest BCUT2D eigenvalue weighted by atomic mass is 35.5. The molecule has 0 bridgehead atoms. The second-order valence-corrected chi connectivity index (χ2v) is 5.51. The van der Waals surface area contributed by atoms with Crippen LogP contribution in [0.4, 0.5) is 10.1 Å². The van der Waals surface area contributed by atoms with Crippen LogP contribution in [0.25, 0.3) is 0 Å². The number of halogens is 2. The van der Waals surface area contributed by atoms with Crippen LogP contribution in [-0.4, -0.2) is 5.91 Å². The number of carbonyl (C=O) groups is 1. The summed E-state index contributed by atoms with van der Waals surface area (Å²) in [6.07, 6.45) is 1.51. The van der Waals surface area contributed by atoms with Crippen molar-refractivity contribution in [1.82, 2.24) is 0 Å². The largest absolute Gasteiger partial charge is 0.378 e. The lowest BCUT2D eigenvalue weighted by Gasteiger charge is -2.16. The van der Waals surface area contributed by atoms with Crippen molar-refractivity contribution in [1.29, 1.82) is 0 Å². The molecule has 0 radical (unpaired) electrons. The van der Waals surface area contributed by atoms with Crippen LogP contribution in [0, 0.1) is 5.82 Å². The van der Waals surface area contributed by atoms with Crippen molar-refractivity contribution in [3.05, 3.63) is 63.9 Å². The van der Waals surface area contributed by atoms with E-state index < -0.39 is 5.91 Å². The van der Waals surface area contributed by atoms with Gasteiger partial charge in [0.05, 0.1) is 16.6 Å². The van der Waals surface area contributed by atoms with E-state index >= 15 is 0 Å². The first-order valence-electron chi connectivity index (χ1n) is 6.69. The van der Waals surface area contributed by atoms with E-state index in [1.807, 2.05) is 6.07 Å². The molecule has 108 valence electrons. The second-order valence-electron chi connectivity index (χ2n) is 5.10. The third-order valence-corrected chi connectivity index (χ3v) is 4.12. The first-order valence-corrected chi connectivity index (χ1v) is 7.07. The zero-order chi connectivity index (χ0) is 15.0. The number of rotatable bonds is 3. The molecule has 0 aromatic heterocycles. The lowest BCUT2D eigenvalue weighted by molar-refractivity contribution is 0.100. The van der Waals surface area contributed by atoms with Crippen molar-refractivity contribution < 1.29 is 9.18 Å². The fourth-order valence-electron chi connectivity index (χ4n) is 2.76. The summed E-state index contributed by atoms with van der Waals surface area (Å²) in [5.41, 5.74) is 8.04. The summed E-state index contributed by atoms with van der Waals surface area (Å²) in [5, 5.41) is 3.64. The molecule has 0 saturated carbocycles. The standard InChI is InChI=1S/C16H14ClFN2O/c17-13-6-4-9(8-12(13)16(19)21)20-15-7-5-10-11(15)2-1-3-14(10)18/h1-4,6,8,15,20H,5,7H2,(H2,19,21). The number of fused-ring (bicyclic) bond motifs is 1. The first-order chi connectivity index (χ1) is 10.1. The Balaban J connectivity index is 1.88. The topological polar surface area (TPSA) is 55.1 Å². The number of nitrogens with two attached hydrogens (primary N) is 1.